The van der Waals surface area contributed by atoms with E-state index in [-0.39, 0.29) is 6.04 Å². The third kappa shape index (κ3) is 2.10. The molecule has 2 heterocycles. The van der Waals surface area contributed by atoms with E-state index in [0.717, 1.165) is 62.9 Å². The highest BCUT2D eigenvalue weighted by Crippen LogP contribution is 2.30. The largest absolute Gasteiger partial charge is 0.346 e. The van der Waals surface area contributed by atoms with E-state index in [1.165, 1.54) is 5.56 Å². The molecular formula is C15H17N3O. The molecule has 0 aromatic carbocycles. The lowest BCUT2D eigenvalue weighted by atomic mass is 10.0. The van der Waals surface area contributed by atoms with Gasteiger partial charge >= 0.3 is 0 Å². The van der Waals surface area contributed by atoms with Crippen LogP contribution in [0.2, 0.25) is 0 Å². The molecule has 0 amide bonds. The van der Waals surface area contributed by atoms with Crippen LogP contribution in [0.3, 0.4) is 0 Å². The Morgan fingerprint density at radius 2 is 2.26 bits per heavy atom. The molecule has 0 bridgehead atoms. The first-order chi connectivity index (χ1) is 9.33. The molecule has 3 rings (SSSR count). The molecule has 1 unspecified atom stereocenters. The van der Waals surface area contributed by atoms with Gasteiger partial charge in [-0.1, -0.05) is 0 Å². The number of hydrogen-bond acceptors (Lipinski definition) is 4. The Bertz CT molecular complexity index is 547. The SMILES string of the molecule is N#Cc1cc2c(nc1N1CCCCC1C=O)CCC2. The standard InChI is InChI=1S/C15H17N3O/c16-9-12-8-11-4-3-6-14(11)17-15(12)18-7-2-1-5-13(18)10-19/h8,10,13H,1-7H2. The van der Waals surface area contributed by atoms with Crippen LogP contribution < -0.4 is 4.90 Å². The highest BCUT2D eigenvalue weighted by molar-refractivity contribution is 5.68. The zero-order chi connectivity index (χ0) is 13.2. The molecule has 19 heavy (non-hydrogen) atoms. The van der Waals surface area contributed by atoms with Gasteiger partial charge in [0.15, 0.2) is 0 Å². The number of fused-ring (bicyclic) bond motifs is 1. The molecule has 0 radical (unpaired) electrons. The summed E-state index contributed by atoms with van der Waals surface area (Å²) in [5.41, 5.74) is 2.94. The fourth-order valence-corrected chi connectivity index (χ4v) is 3.12. The zero-order valence-corrected chi connectivity index (χ0v) is 10.9. The van der Waals surface area contributed by atoms with Gasteiger partial charge in [-0.25, -0.2) is 4.98 Å². The number of pyridine rings is 1. The number of nitrogens with zero attached hydrogens (tertiary/aromatic N) is 3. The van der Waals surface area contributed by atoms with Gasteiger partial charge in [-0.15, -0.1) is 0 Å². The third-order valence-corrected chi connectivity index (χ3v) is 4.13. The first-order valence-electron chi connectivity index (χ1n) is 6.98. The van der Waals surface area contributed by atoms with Gasteiger partial charge in [-0.05, 0) is 50.2 Å². The number of aldehydes is 1. The van der Waals surface area contributed by atoms with Gasteiger partial charge in [0.25, 0.3) is 0 Å². The molecule has 4 nitrogen and oxygen atoms in total. The monoisotopic (exact) mass is 255 g/mol. The van der Waals surface area contributed by atoms with Crippen LogP contribution in [0.15, 0.2) is 6.07 Å². The Balaban J connectivity index is 2.03. The molecular weight excluding hydrogens is 238 g/mol. The average Bonchev–Trinajstić information content (AvgIpc) is 2.93. The Morgan fingerprint density at radius 3 is 3.05 bits per heavy atom. The highest BCUT2D eigenvalue weighted by Gasteiger charge is 2.27. The fraction of sp³-hybridized carbons (Fsp3) is 0.533. The maximum atomic E-state index is 11.2. The molecule has 1 fully saturated rings. The molecule has 1 atom stereocenters. The summed E-state index contributed by atoms with van der Waals surface area (Å²) >= 11 is 0. The average molecular weight is 255 g/mol. The maximum absolute atomic E-state index is 11.2. The second-order valence-electron chi connectivity index (χ2n) is 5.32. The summed E-state index contributed by atoms with van der Waals surface area (Å²) in [6, 6.07) is 4.10. The lowest BCUT2D eigenvalue weighted by molar-refractivity contribution is -0.109. The van der Waals surface area contributed by atoms with Crippen LogP contribution in [0.5, 0.6) is 0 Å². The predicted octanol–water partition coefficient (Wildman–Crippen LogP) is 2.00. The van der Waals surface area contributed by atoms with E-state index in [1.54, 1.807) is 0 Å². The molecule has 0 saturated carbocycles. The van der Waals surface area contributed by atoms with Crippen molar-refractivity contribution in [1.82, 2.24) is 4.98 Å². The Hall–Kier alpha value is -1.89. The van der Waals surface area contributed by atoms with E-state index < -0.39 is 0 Å². The van der Waals surface area contributed by atoms with Gasteiger partial charge in [0, 0.05) is 12.2 Å². The van der Waals surface area contributed by atoms with Crippen molar-refractivity contribution < 1.29 is 4.79 Å². The second-order valence-corrected chi connectivity index (χ2v) is 5.32. The molecule has 2 aliphatic rings. The van der Waals surface area contributed by atoms with Gasteiger partial charge in [0.05, 0.1) is 11.6 Å². The number of nitriles is 1. The number of aromatic nitrogens is 1. The molecule has 1 aromatic heterocycles. The maximum Gasteiger partial charge on any atom is 0.147 e. The van der Waals surface area contributed by atoms with Gasteiger partial charge < -0.3 is 9.69 Å². The lowest BCUT2D eigenvalue weighted by Crippen LogP contribution is -2.41. The van der Waals surface area contributed by atoms with Crippen molar-refractivity contribution in [3.05, 3.63) is 22.9 Å². The smallest absolute Gasteiger partial charge is 0.147 e. The number of carbonyl (C=O) groups excluding carboxylic acids is 1. The Kier molecular flexibility index (Phi) is 3.20. The summed E-state index contributed by atoms with van der Waals surface area (Å²) in [6.45, 7) is 0.823. The van der Waals surface area contributed by atoms with Crippen LogP contribution in [-0.4, -0.2) is 23.9 Å². The van der Waals surface area contributed by atoms with Gasteiger partial charge in [0.1, 0.15) is 18.2 Å². The van der Waals surface area contributed by atoms with Crippen molar-refractivity contribution in [3.8, 4) is 6.07 Å². The van der Waals surface area contributed by atoms with E-state index in [1.807, 2.05) is 11.0 Å². The molecule has 1 aliphatic heterocycles. The van der Waals surface area contributed by atoms with E-state index in [0.29, 0.717) is 5.56 Å². The van der Waals surface area contributed by atoms with Crippen molar-refractivity contribution >= 4 is 12.1 Å². The van der Waals surface area contributed by atoms with Crippen LogP contribution in [-0.2, 0) is 17.6 Å². The summed E-state index contributed by atoms with van der Waals surface area (Å²) in [5, 5.41) is 9.33. The molecule has 1 saturated heterocycles. The third-order valence-electron chi connectivity index (χ3n) is 4.13. The number of hydrogen-bond donors (Lipinski definition) is 0. The molecule has 1 aliphatic carbocycles. The first-order valence-corrected chi connectivity index (χ1v) is 6.98. The molecule has 4 heteroatoms. The number of carbonyl (C=O) groups is 1. The zero-order valence-electron chi connectivity index (χ0n) is 10.9. The Morgan fingerprint density at radius 1 is 1.37 bits per heavy atom. The summed E-state index contributed by atoms with van der Waals surface area (Å²) in [6.07, 6.45) is 7.14. The number of rotatable bonds is 2. The van der Waals surface area contributed by atoms with E-state index >= 15 is 0 Å². The summed E-state index contributed by atoms with van der Waals surface area (Å²) in [5.74, 6) is 0.722. The topological polar surface area (TPSA) is 57.0 Å². The van der Waals surface area contributed by atoms with Crippen LogP contribution in [0.25, 0.3) is 0 Å². The van der Waals surface area contributed by atoms with E-state index in [9.17, 15) is 10.1 Å². The Labute approximate surface area is 113 Å². The number of aryl methyl sites for hydroxylation is 2. The molecule has 98 valence electrons. The van der Waals surface area contributed by atoms with Crippen LogP contribution in [0.1, 0.15) is 42.5 Å². The predicted molar refractivity (Wildman–Crippen MR) is 72.0 cm³/mol. The van der Waals surface area contributed by atoms with Crippen molar-refractivity contribution in [3.63, 3.8) is 0 Å². The van der Waals surface area contributed by atoms with Crippen molar-refractivity contribution in [2.45, 2.75) is 44.6 Å². The van der Waals surface area contributed by atoms with Gasteiger partial charge in [0.2, 0.25) is 0 Å². The van der Waals surface area contributed by atoms with E-state index in [4.69, 9.17) is 4.98 Å². The van der Waals surface area contributed by atoms with Crippen molar-refractivity contribution in [2.75, 3.05) is 11.4 Å². The summed E-state index contributed by atoms with van der Waals surface area (Å²) in [4.78, 5) is 17.9. The normalized spacial score (nSPS) is 21.8. The lowest BCUT2D eigenvalue weighted by Gasteiger charge is -2.34. The van der Waals surface area contributed by atoms with Crippen molar-refractivity contribution in [1.29, 1.82) is 5.26 Å². The minimum absolute atomic E-state index is 0.118. The van der Waals surface area contributed by atoms with Crippen LogP contribution >= 0.6 is 0 Å². The highest BCUT2D eigenvalue weighted by atomic mass is 16.1. The van der Waals surface area contributed by atoms with E-state index in [2.05, 4.69) is 6.07 Å². The number of anilines is 1. The van der Waals surface area contributed by atoms with Gasteiger partial charge in [-0.2, -0.15) is 5.26 Å². The van der Waals surface area contributed by atoms with Crippen LogP contribution in [0, 0.1) is 11.3 Å². The van der Waals surface area contributed by atoms with Gasteiger partial charge in [-0.3, -0.25) is 0 Å². The second kappa shape index (κ2) is 5.00. The summed E-state index contributed by atoms with van der Waals surface area (Å²) < 4.78 is 0. The molecule has 0 spiro atoms. The summed E-state index contributed by atoms with van der Waals surface area (Å²) in [7, 11) is 0. The molecule has 1 aromatic rings. The fourth-order valence-electron chi connectivity index (χ4n) is 3.12. The minimum Gasteiger partial charge on any atom is -0.346 e. The first kappa shape index (κ1) is 12.2. The van der Waals surface area contributed by atoms with Crippen molar-refractivity contribution in [2.24, 2.45) is 0 Å². The quantitative estimate of drug-likeness (QED) is 0.758. The molecule has 0 N–H and O–H groups in total. The van der Waals surface area contributed by atoms with Crippen LogP contribution in [0.4, 0.5) is 5.82 Å². The number of piperidine rings is 1. The minimum atomic E-state index is -0.118.